The molecule has 0 aromatic carbocycles. The van der Waals surface area contributed by atoms with Crippen molar-refractivity contribution in [1.82, 2.24) is 20.5 Å². The molecule has 8 nitrogen and oxygen atoms in total. The third-order valence-corrected chi connectivity index (χ3v) is 3.73. The van der Waals surface area contributed by atoms with Crippen LogP contribution < -0.4 is 10.6 Å². The van der Waals surface area contributed by atoms with Crippen molar-refractivity contribution in [2.75, 3.05) is 26.2 Å². The Kier molecular flexibility index (Phi) is 9.23. The first-order chi connectivity index (χ1) is 12.3. The lowest BCUT2D eigenvalue weighted by molar-refractivity contribution is 0.00700. The molecule has 2 heterocycles. The summed E-state index contributed by atoms with van der Waals surface area (Å²) in [6.45, 7) is 9.60. The van der Waals surface area contributed by atoms with Crippen LogP contribution in [0.3, 0.4) is 0 Å². The van der Waals surface area contributed by atoms with Gasteiger partial charge in [0.2, 0.25) is 0 Å². The highest BCUT2D eigenvalue weighted by atomic mass is 127. The first-order valence-corrected chi connectivity index (χ1v) is 8.89. The number of likely N-dealkylation sites (tertiary alicyclic amines) is 1. The van der Waals surface area contributed by atoms with Gasteiger partial charge in [0.25, 0.3) is 0 Å². The van der Waals surface area contributed by atoms with Gasteiger partial charge in [-0.1, -0.05) is 0 Å². The van der Waals surface area contributed by atoms with Gasteiger partial charge in [-0.05, 0) is 45.4 Å². The molecule has 0 radical (unpaired) electrons. The van der Waals surface area contributed by atoms with E-state index in [4.69, 9.17) is 4.74 Å². The first kappa shape index (κ1) is 23.4. The molecule has 1 aliphatic heterocycles. The molecule has 2 rings (SSSR count). The first-order valence-electron chi connectivity index (χ1n) is 8.89. The Balaban J connectivity index is 0.00000364. The highest BCUT2D eigenvalue weighted by molar-refractivity contribution is 14.0. The van der Waals surface area contributed by atoms with Gasteiger partial charge in [-0.15, -0.1) is 24.0 Å². The summed E-state index contributed by atoms with van der Waals surface area (Å²) in [5.74, 6) is 0.620. The number of guanidine groups is 1. The zero-order valence-electron chi connectivity index (χ0n) is 16.3. The topological polar surface area (TPSA) is 99.1 Å². The third-order valence-electron chi connectivity index (χ3n) is 3.73. The second-order valence-electron chi connectivity index (χ2n) is 7.24. The zero-order chi connectivity index (χ0) is 19.2. The van der Waals surface area contributed by atoms with Crippen molar-refractivity contribution < 1.29 is 14.6 Å². The Hall–Kier alpha value is -1.62. The monoisotopic (exact) mass is 491 g/mol. The summed E-state index contributed by atoms with van der Waals surface area (Å²) in [5.41, 5.74) is 0.286. The molecular weight excluding hydrogens is 461 g/mol. The fourth-order valence-corrected chi connectivity index (χ4v) is 2.43. The predicted molar refractivity (Wildman–Crippen MR) is 115 cm³/mol. The third kappa shape index (κ3) is 7.87. The van der Waals surface area contributed by atoms with Crippen LogP contribution in [-0.4, -0.2) is 64.9 Å². The lowest BCUT2D eigenvalue weighted by atomic mass is 10.1. The summed E-state index contributed by atoms with van der Waals surface area (Å²) in [5, 5.41) is 16.6. The SMILES string of the molecule is CCNC(=NCC(O)c1ccncc1)NC1CN(C(=O)OC(C)(C)C)C1.I. The standard InChI is InChI=1S/C18H29N5O3.HI/c1-5-20-16(21-10-15(24)13-6-8-19-9-7-13)22-14-11-23(12-14)17(25)26-18(2,3)4;/h6-9,14-15,24H,5,10-12H2,1-4H3,(H2,20,21,22);1H. The van der Waals surface area contributed by atoms with Crippen molar-refractivity contribution in [1.29, 1.82) is 0 Å². The molecule has 0 saturated carbocycles. The van der Waals surface area contributed by atoms with E-state index in [-0.39, 0.29) is 42.7 Å². The Morgan fingerprint density at radius 1 is 1.41 bits per heavy atom. The molecule has 27 heavy (non-hydrogen) atoms. The van der Waals surface area contributed by atoms with Crippen LogP contribution in [0.25, 0.3) is 0 Å². The molecule has 9 heteroatoms. The number of aliphatic imine (C=N–C) groups is 1. The van der Waals surface area contributed by atoms with Gasteiger partial charge < -0.3 is 25.4 Å². The molecule has 1 atom stereocenters. The quantitative estimate of drug-likeness (QED) is 0.331. The molecule has 1 fully saturated rings. The number of pyridine rings is 1. The summed E-state index contributed by atoms with van der Waals surface area (Å²) in [6.07, 6.45) is 2.30. The van der Waals surface area contributed by atoms with Gasteiger partial charge in [0.1, 0.15) is 5.60 Å². The molecule has 1 unspecified atom stereocenters. The second kappa shape index (κ2) is 10.6. The lowest BCUT2D eigenvalue weighted by Crippen LogP contribution is -2.63. The van der Waals surface area contributed by atoms with Crippen molar-refractivity contribution in [2.45, 2.75) is 45.4 Å². The molecular formula is C18H30IN5O3. The Bertz CT molecular complexity index is 615. The minimum atomic E-state index is -0.687. The minimum Gasteiger partial charge on any atom is -0.444 e. The van der Waals surface area contributed by atoms with Crippen molar-refractivity contribution >= 4 is 36.0 Å². The number of nitrogens with one attached hydrogen (secondary N) is 2. The number of hydrogen-bond donors (Lipinski definition) is 3. The minimum absolute atomic E-state index is 0. The van der Waals surface area contributed by atoms with Crippen LogP contribution in [-0.2, 0) is 4.74 Å². The molecule has 0 aliphatic carbocycles. The van der Waals surface area contributed by atoms with Crippen LogP contribution in [0.5, 0.6) is 0 Å². The van der Waals surface area contributed by atoms with Gasteiger partial charge in [-0.2, -0.15) is 0 Å². The number of halogens is 1. The van der Waals surface area contributed by atoms with E-state index in [1.165, 1.54) is 0 Å². The largest absolute Gasteiger partial charge is 0.444 e. The molecule has 0 bridgehead atoms. The van der Waals surface area contributed by atoms with Crippen LogP contribution in [0.2, 0.25) is 0 Å². The fourth-order valence-electron chi connectivity index (χ4n) is 2.43. The maximum Gasteiger partial charge on any atom is 0.410 e. The smallest absolute Gasteiger partial charge is 0.410 e. The summed E-state index contributed by atoms with van der Waals surface area (Å²) in [6, 6.07) is 3.65. The number of aliphatic hydroxyl groups is 1. The van der Waals surface area contributed by atoms with Gasteiger partial charge >= 0.3 is 6.09 Å². The molecule has 1 aromatic rings. The van der Waals surface area contributed by atoms with Crippen LogP contribution in [0.15, 0.2) is 29.5 Å². The fraction of sp³-hybridized carbons (Fsp3) is 0.611. The van der Waals surface area contributed by atoms with Gasteiger partial charge in [-0.3, -0.25) is 9.98 Å². The number of carbonyl (C=O) groups excluding carboxylic acids is 1. The van der Waals surface area contributed by atoms with E-state index in [1.54, 1.807) is 29.4 Å². The Morgan fingerprint density at radius 3 is 2.59 bits per heavy atom. The maximum atomic E-state index is 12.0. The molecule has 152 valence electrons. The lowest BCUT2D eigenvalue weighted by Gasteiger charge is -2.40. The number of amides is 1. The molecule has 1 amide bonds. The van der Waals surface area contributed by atoms with Crippen LogP contribution in [0.1, 0.15) is 39.4 Å². The summed E-state index contributed by atoms with van der Waals surface area (Å²) < 4.78 is 5.35. The van der Waals surface area contributed by atoms with Gasteiger partial charge in [0, 0.05) is 32.0 Å². The number of carbonyl (C=O) groups is 1. The average molecular weight is 491 g/mol. The number of hydrogen-bond acceptors (Lipinski definition) is 5. The summed E-state index contributed by atoms with van der Waals surface area (Å²) >= 11 is 0. The van der Waals surface area contributed by atoms with Gasteiger partial charge in [-0.25, -0.2) is 4.79 Å². The number of ether oxygens (including phenoxy) is 1. The number of nitrogens with zero attached hydrogens (tertiary/aromatic N) is 3. The van der Waals surface area contributed by atoms with Crippen molar-refractivity contribution in [3.8, 4) is 0 Å². The van der Waals surface area contributed by atoms with Crippen molar-refractivity contribution in [2.24, 2.45) is 4.99 Å². The summed E-state index contributed by atoms with van der Waals surface area (Å²) in [7, 11) is 0. The number of aromatic nitrogens is 1. The molecule has 0 spiro atoms. The van der Waals surface area contributed by atoms with Crippen molar-refractivity contribution in [3.05, 3.63) is 30.1 Å². The van der Waals surface area contributed by atoms with Crippen molar-refractivity contribution in [3.63, 3.8) is 0 Å². The van der Waals surface area contributed by atoms with E-state index in [1.807, 2.05) is 27.7 Å². The Labute approximate surface area is 177 Å². The van der Waals surface area contributed by atoms with Gasteiger partial charge in [0.15, 0.2) is 5.96 Å². The Morgan fingerprint density at radius 2 is 2.04 bits per heavy atom. The highest BCUT2D eigenvalue weighted by Gasteiger charge is 2.34. The zero-order valence-corrected chi connectivity index (χ0v) is 18.6. The van der Waals surface area contributed by atoms with E-state index in [2.05, 4.69) is 20.6 Å². The molecule has 1 aliphatic rings. The number of aliphatic hydroxyl groups excluding tert-OH is 1. The van der Waals surface area contributed by atoms with Crippen LogP contribution in [0, 0.1) is 0 Å². The maximum absolute atomic E-state index is 12.0. The van der Waals surface area contributed by atoms with E-state index in [9.17, 15) is 9.90 Å². The number of rotatable bonds is 5. The molecule has 1 aromatic heterocycles. The average Bonchev–Trinajstić information content (AvgIpc) is 2.54. The predicted octanol–water partition coefficient (Wildman–Crippen LogP) is 1.91. The van der Waals surface area contributed by atoms with E-state index in [0.29, 0.717) is 25.6 Å². The highest BCUT2D eigenvalue weighted by Crippen LogP contribution is 2.15. The molecule has 1 saturated heterocycles. The van der Waals surface area contributed by atoms with Gasteiger partial charge in [0.05, 0.1) is 18.7 Å². The van der Waals surface area contributed by atoms with E-state index < -0.39 is 11.7 Å². The molecule has 3 N–H and O–H groups in total. The summed E-state index contributed by atoms with van der Waals surface area (Å²) in [4.78, 5) is 22.0. The second-order valence-corrected chi connectivity index (χ2v) is 7.24. The van der Waals surface area contributed by atoms with Crippen LogP contribution >= 0.6 is 24.0 Å². The van der Waals surface area contributed by atoms with E-state index in [0.717, 1.165) is 5.56 Å². The normalized spacial score (nSPS) is 16.0. The van der Waals surface area contributed by atoms with E-state index >= 15 is 0 Å². The van der Waals surface area contributed by atoms with Crippen LogP contribution in [0.4, 0.5) is 4.79 Å².